The molecule has 1 N–H and O–H groups in total. The van der Waals surface area contributed by atoms with Crippen molar-refractivity contribution >= 4 is 0 Å². The van der Waals surface area contributed by atoms with Gasteiger partial charge in [0, 0.05) is 19.3 Å². The maximum Gasteiger partial charge on any atom is 0.0950 e. The van der Waals surface area contributed by atoms with Crippen LogP contribution in [0.3, 0.4) is 0 Å². The van der Waals surface area contributed by atoms with E-state index < -0.39 is 0 Å². The second kappa shape index (κ2) is 5.28. The molecular formula is C11H18N2O2. The van der Waals surface area contributed by atoms with Gasteiger partial charge in [0.05, 0.1) is 24.7 Å². The Kier molecular flexibility index (Phi) is 3.75. The molecule has 4 nitrogen and oxygen atoms in total. The van der Waals surface area contributed by atoms with Gasteiger partial charge in [-0.05, 0) is 25.7 Å². The van der Waals surface area contributed by atoms with Gasteiger partial charge in [-0.15, -0.1) is 0 Å². The monoisotopic (exact) mass is 210 g/mol. The van der Waals surface area contributed by atoms with Crippen LogP contribution in [0.5, 0.6) is 0 Å². The molecule has 0 aromatic carbocycles. The Hall–Kier alpha value is -0.870. The van der Waals surface area contributed by atoms with E-state index >= 15 is 0 Å². The molecule has 15 heavy (non-hydrogen) atoms. The van der Waals surface area contributed by atoms with Gasteiger partial charge in [-0.2, -0.15) is 0 Å². The molecular weight excluding hydrogens is 192 g/mol. The third-order valence-electron chi connectivity index (χ3n) is 2.82. The van der Waals surface area contributed by atoms with Crippen LogP contribution in [0, 0.1) is 0 Å². The van der Waals surface area contributed by atoms with Crippen molar-refractivity contribution in [2.24, 2.45) is 0 Å². The Morgan fingerprint density at radius 3 is 3.20 bits per heavy atom. The highest BCUT2D eigenvalue weighted by Crippen LogP contribution is 2.17. The highest BCUT2D eigenvalue weighted by atomic mass is 16.5. The Morgan fingerprint density at radius 1 is 1.60 bits per heavy atom. The molecule has 2 rings (SSSR count). The Balaban J connectivity index is 1.68. The number of nitrogens with zero attached hydrogens (tertiary/aromatic N) is 2. The van der Waals surface area contributed by atoms with Crippen molar-refractivity contribution in [2.45, 2.75) is 44.9 Å². The van der Waals surface area contributed by atoms with Gasteiger partial charge in [-0.1, -0.05) is 0 Å². The van der Waals surface area contributed by atoms with E-state index in [1.54, 1.807) is 6.33 Å². The molecule has 84 valence electrons. The number of hydrogen-bond donors (Lipinski definition) is 1. The zero-order valence-electron chi connectivity index (χ0n) is 8.93. The second-order valence-electron chi connectivity index (χ2n) is 4.04. The zero-order chi connectivity index (χ0) is 10.5. The van der Waals surface area contributed by atoms with Gasteiger partial charge in [0.15, 0.2) is 0 Å². The van der Waals surface area contributed by atoms with Gasteiger partial charge in [0.2, 0.25) is 0 Å². The maximum atomic E-state index is 8.85. The summed E-state index contributed by atoms with van der Waals surface area (Å²) < 4.78 is 7.58. The van der Waals surface area contributed by atoms with E-state index in [1.807, 2.05) is 10.8 Å². The molecule has 1 aromatic rings. The Bertz CT molecular complexity index is 293. The van der Waals surface area contributed by atoms with Crippen LogP contribution in [0.25, 0.3) is 0 Å². The first-order valence-electron chi connectivity index (χ1n) is 5.61. The fourth-order valence-corrected chi connectivity index (χ4v) is 1.98. The standard InChI is InChI=1S/C11H18N2O2/c14-8-10-7-13(9-12-10)5-1-3-11-4-2-6-15-11/h7,9,11,14H,1-6,8H2. The van der Waals surface area contributed by atoms with E-state index in [0.29, 0.717) is 6.10 Å². The van der Waals surface area contributed by atoms with Crippen LogP contribution >= 0.6 is 0 Å². The largest absolute Gasteiger partial charge is 0.390 e. The van der Waals surface area contributed by atoms with Gasteiger partial charge >= 0.3 is 0 Å². The van der Waals surface area contributed by atoms with E-state index in [4.69, 9.17) is 9.84 Å². The first-order valence-corrected chi connectivity index (χ1v) is 5.61. The van der Waals surface area contributed by atoms with Crippen molar-refractivity contribution in [3.8, 4) is 0 Å². The molecule has 1 saturated heterocycles. The van der Waals surface area contributed by atoms with Gasteiger partial charge in [0.25, 0.3) is 0 Å². The van der Waals surface area contributed by atoms with Crippen molar-refractivity contribution in [2.75, 3.05) is 6.61 Å². The van der Waals surface area contributed by atoms with Crippen molar-refractivity contribution in [3.63, 3.8) is 0 Å². The smallest absolute Gasteiger partial charge is 0.0950 e. The van der Waals surface area contributed by atoms with E-state index in [9.17, 15) is 0 Å². The quantitative estimate of drug-likeness (QED) is 0.797. The first-order chi connectivity index (χ1) is 7.38. The lowest BCUT2D eigenvalue weighted by molar-refractivity contribution is 0.101. The topological polar surface area (TPSA) is 47.3 Å². The lowest BCUT2D eigenvalue weighted by Gasteiger charge is -2.08. The number of aryl methyl sites for hydroxylation is 1. The molecule has 1 unspecified atom stereocenters. The van der Waals surface area contributed by atoms with Crippen molar-refractivity contribution in [3.05, 3.63) is 18.2 Å². The molecule has 1 aliphatic heterocycles. The molecule has 0 spiro atoms. The predicted molar refractivity (Wildman–Crippen MR) is 56.4 cm³/mol. The summed E-state index contributed by atoms with van der Waals surface area (Å²) in [4.78, 5) is 4.07. The fourth-order valence-electron chi connectivity index (χ4n) is 1.98. The van der Waals surface area contributed by atoms with Crippen LogP contribution in [0.2, 0.25) is 0 Å². The summed E-state index contributed by atoms with van der Waals surface area (Å²) in [5.41, 5.74) is 0.743. The minimum atomic E-state index is 0.0265. The summed E-state index contributed by atoms with van der Waals surface area (Å²) in [6, 6.07) is 0. The molecule has 1 atom stereocenters. The number of ether oxygens (including phenoxy) is 1. The van der Waals surface area contributed by atoms with Crippen molar-refractivity contribution in [1.82, 2.24) is 9.55 Å². The molecule has 0 amide bonds. The summed E-state index contributed by atoms with van der Waals surface area (Å²) in [7, 11) is 0. The summed E-state index contributed by atoms with van der Waals surface area (Å²) in [5, 5.41) is 8.85. The van der Waals surface area contributed by atoms with Crippen LogP contribution in [0.4, 0.5) is 0 Å². The maximum absolute atomic E-state index is 8.85. The molecule has 0 saturated carbocycles. The number of aliphatic hydroxyl groups excluding tert-OH is 1. The van der Waals surface area contributed by atoms with Crippen LogP contribution in [0.15, 0.2) is 12.5 Å². The van der Waals surface area contributed by atoms with E-state index in [1.165, 1.54) is 12.8 Å². The highest BCUT2D eigenvalue weighted by molar-refractivity contribution is 4.93. The van der Waals surface area contributed by atoms with Gasteiger partial charge in [0.1, 0.15) is 0 Å². The average molecular weight is 210 g/mol. The normalized spacial score (nSPS) is 21.0. The molecule has 1 fully saturated rings. The van der Waals surface area contributed by atoms with Gasteiger partial charge in [-0.3, -0.25) is 0 Å². The number of rotatable bonds is 5. The zero-order valence-corrected chi connectivity index (χ0v) is 8.93. The van der Waals surface area contributed by atoms with E-state index in [-0.39, 0.29) is 6.61 Å². The molecule has 4 heteroatoms. The Labute approximate surface area is 89.9 Å². The molecule has 1 aliphatic rings. The molecule has 2 heterocycles. The van der Waals surface area contributed by atoms with Gasteiger partial charge in [-0.25, -0.2) is 4.98 Å². The van der Waals surface area contributed by atoms with Crippen LogP contribution in [-0.4, -0.2) is 27.4 Å². The van der Waals surface area contributed by atoms with Crippen LogP contribution in [-0.2, 0) is 17.9 Å². The summed E-state index contributed by atoms with van der Waals surface area (Å²) in [5.74, 6) is 0. The summed E-state index contributed by atoms with van der Waals surface area (Å²) >= 11 is 0. The third kappa shape index (κ3) is 3.04. The molecule has 0 bridgehead atoms. The van der Waals surface area contributed by atoms with Crippen LogP contribution in [0.1, 0.15) is 31.4 Å². The van der Waals surface area contributed by atoms with Gasteiger partial charge < -0.3 is 14.4 Å². The molecule has 1 aromatic heterocycles. The lowest BCUT2D eigenvalue weighted by Crippen LogP contribution is -2.06. The summed E-state index contributed by atoms with van der Waals surface area (Å²) in [6.07, 6.45) is 8.83. The second-order valence-corrected chi connectivity index (χ2v) is 4.04. The van der Waals surface area contributed by atoms with Crippen LogP contribution < -0.4 is 0 Å². The number of hydrogen-bond acceptors (Lipinski definition) is 3. The SMILES string of the molecule is OCc1cn(CCCC2CCCO2)cn1. The third-order valence-corrected chi connectivity index (χ3v) is 2.82. The highest BCUT2D eigenvalue weighted by Gasteiger charge is 2.14. The number of aliphatic hydroxyl groups is 1. The molecule has 0 radical (unpaired) electrons. The van der Waals surface area contributed by atoms with E-state index in [2.05, 4.69) is 4.98 Å². The Morgan fingerprint density at radius 2 is 2.53 bits per heavy atom. The minimum absolute atomic E-state index is 0.0265. The fraction of sp³-hybridized carbons (Fsp3) is 0.727. The van der Waals surface area contributed by atoms with Crippen molar-refractivity contribution in [1.29, 1.82) is 0 Å². The lowest BCUT2D eigenvalue weighted by atomic mass is 10.1. The minimum Gasteiger partial charge on any atom is -0.390 e. The van der Waals surface area contributed by atoms with E-state index in [0.717, 1.165) is 31.7 Å². The molecule has 0 aliphatic carbocycles. The summed E-state index contributed by atoms with van der Waals surface area (Å²) in [6.45, 7) is 1.93. The first kappa shape index (κ1) is 10.6. The van der Waals surface area contributed by atoms with Crippen molar-refractivity contribution < 1.29 is 9.84 Å². The number of aromatic nitrogens is 2. The predicted octanol–water partition coefficient (Wildman–Crippen LogP) is 1.33. The number of imidazole rings is 1. The average Bonchev–Trinajstić information content (AvgIpc) is 2.88.